The lowest BCUT2D eigenvalue weighted by molar-refractivity contribution is 0.0121. The average molecular weight is 368 g/mol. The van der Waals surface area contributed by atoms with Gasteiger partial charge in [0.1, 0.15) is 11.5 Å². The van der Waals surface area contributed by atoms with Gasteiger partial charge in [0, 0.05) is 44.4 Å². The molecule has 0 N–H and O–H groups in total. The topological polar surface area (TPSA) is 41.4 Å². The molecule has 3 heterocycles. The van der Waals surface area contributed by atoms with Crippen molar-refractivity contribution in [1.82, 2.24) is 19.6 Å². The fourth-order valence-electron chi connectivity index (χ4n) is 3.60. The highest BCUT2D eigenvalue weighted by atomic mass is 19.3. The van der Waals surface area contributed by atoms with Crippen molar-refractivity contribution in [2.45, 2.75) is 18.4 Å². The first-order chi connectivity index (χ1) is 12.3. The number of fused-ring (bicyclic) bond motifs is 1. The number of benzene rings is 1. The molecule has 1 atom stereocenters. The number of rotatable bonds is 2. The summed E-state index contributed by atoms with van der Waals surface area (Å²) in [5, 5.41) is 3.96. The van der Waals surface area contributed by atoms with E-state index in [2.05, 4.69) is 5.10 Å². The second-order valence-electron chi connectivity index (χ2n) is 6.70. The van der Waals surface area contributed by atoms with Gasteiger partial charge in [-0.05, 0) is 12.1 Å². The summed E-state index contributed by atoms with van der Waals surface area (Å²) in [6.07, 6.45) is 2.39. The number of carbonyl (C=O) groups is 1. The van der Waals surface area contributed by atoms with Gasteiger partial charge < -0.3 is 4.90 Å². The van der Waals surface area contributed by atoms with Crippen LogP contribution in [-0.4, -0.2) is 63.6 Å². The second kappa shape index (κ2) is 6.08. The maximum atomic E-state index is 13.8. The highest BCUT2D eigenvalue weighted by Crippen LogP contribution is 2.34. The Balaban J connectivity index is 1.50. The second-order valence-corrected chi connectivity index (χ2v) is 6.70. The van der Waals surface area contributed by atoms with Gasteiger partial charge in [0.2, 0.25) is 0 Å². The molecule has 2 aliphatic rings. The molecule has 2 fully saturated rings. The maximum Gasteiger partial charge on any atom is 0.262 e. The van der Waals surface area contributed by atoms with E-state index in [9.17, 15) is 22.4 Å². The molecule has 2 saturated heterocycles. The third-order valence-corrected chi connectivity index (χ3v) is 4.85. The van der Waals surface area contributed by atoms with Crippen molar-refractivity contribution in [2.24, 2.45) is 0 Å². The van der Waals surface area contributed by atoms with E-state index in [1.54, 1.807) is 4.90 Å². The van der Waals surface area contributed by atoms with Crippen molar-refractivity contribution in [2.75, 3.05) is 26.2 Å². The molecule has 4 rings (SSSR count). The fraction of sp³-hybridized carbons (Fsp3) is 0.412. The summed E-state index contributed by atoms with van der Waals surface area (Å²) in [4.78, 5) is 15.9. The third kappa shape index (κ3) is 3.07. The van der Waals surface area contributed by atoms with Crippen molar-refractivity contribution in [3.8, 4) is 5.69 Å². The van der Waals surface area contributed by atoms with E-state index in [0.29, 0.717) is 13.1 Å². The lowest BCUT2D eigenvalue weighted by Crippen LogP contribution is -2.52. The Morgan fingerprint density at radius 2 is 2.04 bits per heavy atom. The predicted molar refractivity (Wildman–Crippen MR) is 84.3 cm³/mol. The van der Waals surface area contributed by atoms with Crippen LogP contribution in [0.2, 0.25) is 0 Å². The summed E-state index contributed by atoms with van der Waals surface area (Å²) >= 11 is 0. The van der Waals surface area contributed by atoms with Gasteiger partial charge in [0.05, 0.1) is 18.3 Å². The summed E-state index contributed by atoms with van der Waals surface area (Å²) in [6.45, 7) is 0.709. The highest BCUT2D eigenvalue weighted by molar-refractivity contribution is 5.94. The minimum absolute atomic E-state index is 0.0192. The first-order valence-electron chi connectivity index (χ1n) is 8.24. The zero-order chi connectivity index (χ0) is 18.5. The monoisotopic (exact) mass is 368 g/mol. The van der Waals surface area contributed by atoms with Crippen molar-refractivity contribution in [3.63, 3.8) is 0 Å². The molecule has 26 heavy (non-hydrogen) atoms. The Morgan fingerprint density at radius 1 is 1.23 bits per heavy atom. The fourth-order valence-corrected chi connectivity index (χ4v) is 3.60. The molecule has 0 spiro atoms. The van der Waals surface area contributed by atoms with E-state index in [1.165, 1.54) is 23.4 Å². The van der Waals surface area contributed by atoms with Gasteiger partial charge in [-0.15, -0.1) is 0 Å². The number of nitrogens with zero attached hydrogens (tertiary/aromatic N) is 4. The number of hydrogen-bond donors (Lipinski definition) is 0. The largest absolute Gasteiger partial charge is 0.336 e. The lowest BCUT2D eigenvalue weighted by atomic mass is 10.1. The van der Waals surface area contributed by atoms with Gasteiger partial charge in [-0.1, -0.05) is 0 Å². The van der Waals surface area contributed by atoms with E-state index in [0.717, 1.165) is 16.8 Å². The number of hydrogen-bond acceptors (Lipinski definition) is 3. The highest BCUT2D eigenvalue weighted by Gasteiger charge is 2.47. The lowest BCUT2D eigenvalue weighted by Gasteiger charge is -2.36. The summed E-state index contributed by atoms with van der Waals surface area (Å²) in [7, 11) is 0. The molecule has 0 radical (unpaired) electrons. The van der Waals surface area contributed by atoms with E-state index in [-0.39, 0.29) is 42.7 Å². The summed E-state index contributed by atoms with van der Waals surface area (Å²) in [5.41, 5.74) is 0.248. The van der Waals surface area contributed by atoms with Gasteiger partial charge in [0.25, 0.3) is 11.8 Å². The molecule has 1 aromatic carbocycles. The van der Waals surface area contributed by atoms with Gasteiger partial charge in [-0.2, -0.15) is 5.10 Å². The Labute approximate surface area is 146 Å². The number of amides is 1. The molecule has 1 aromatic heterocycles. The molecule has 5 nitrogen and oxygen atoms in total. The molecular formula is C17H16F4N4O. The number of piperazine rings is 1. The minimum Gasteiger partial charge on any atom is -0.336 e. The third-order valence-electron chi connectivity index (χ3n) is 4.85. The van der Waals surface area contributed by atoms with E-state index in [1.807, 2.05) is 0 Å². The van der Waals surface area contributed by atoms with Crippen LogP contribution >= 0.6 is 0 Å². The van der Waals surface area contributed by atoms with Crippen LogP contribution in [-0.2, 0) is 0 Å². The molecule has 0 unspecified atom stereocenters. The Bertz CT molecular complexity index is 853. The van der Waals surface area contributed by atoms with Gasteiger partial charge in [0.15, 0.2) is 5.82 Å². The molecule has 1 amide bonds. The molecule has 0 bridgehead atoms. The number of alkyl halides is 2. The van der Waals surface area contributed by atoms with Gasteiger partial charge in [-0.25, -0.2) is 22.2 Å². The van der Waals surface area contributed by atoms with Crippen LogP contribution in [0, 0.1) is 11.6 Å². The first-order valence-corrected chi connectivity index (χ1v) is 8.24. The molecule has 138 valence electrons. The zero-order valence-corrected chi connectivity index (χ0v) is 13.7. The Morgan fingerprint density at radius 3 is 2.81 bits per heavy atom. The van der Waals surface area contributed by atoms with Crippen LogP contribution in [0.3, 0.4) is 0 Å². The van der Waals surface area contributed by atoms with Crippen molar-refractivity contribution >= 4 is 5.91 Å². The van der Waals surface area contributed by atoms with Crippen LogP contribution in [0.25, 0.3) is 5.69 Å². The van der Waals surface area contributed by atoms with E-state index >= 15 is 0 Å². The van der Waals surface area contributed by atoms with Crippen molar-refractivity contribution < 1.29 is 22.4 Å². The van der Waals surface area contributed by atoms with Crippen LogP contribution in [0.4, 0.5) is 17.6 Å². The Kier molecular flexibility index (Phi) is 3.98. The maximum absolute atomic E-state index is 13.8. The summed E-state index contributed by atoms with van der Waals surface area (Å²) < 4.78 is 55.1. The van der Waals surface area contributed by atoms with Crippen LogP contribution in [0.15, 0.2) is 30.6 Å². The quantitative estimate of drug-likeness (QED) is 0.764. The number of carbonyl (C=O) groups excluding carboxylic acids is 1. The summed E-state index contributed by atoms with van der Waals surface area (Å²) in [6, 6.07) is 2.71. The molecule has 9 heteroatoms. The summed E-state index contributed by atoms with van der Waals surface area (Å²) in [5.74, 6) is -4.56. The van der Waals surface area contributed by atoms with E-state index in [4.69, 9.17) is 0 Å². The molecule has 2 aliphatic heterocycles. The van der Waals surface area contributed by atoms with Crippen LogP contribution < -0.4 is 0 Å². The van der Waals surface area contributed by atoms with Crippen molar-refractivity contribution in [3.05, 3.63) is 47.8 Å². The van der Waals surface area contributed by atoms with Crippen LogP contribution in [0.1, 0.15) is 16.8 Å². The first kappa shape index (κ1) is 17.0. The van der Waals surface area contributed by atoms with Crippen LogP contribution in [0.5, 0.6) is 0 Å². The van der Waals surface area contributed by atoms with Gasteiger partial charge >= 0.3 is 0 Å². The van der Waals surface area contributed by atoms with E-state index < -0.39 is 17.6 Å². The number of halogens is 4. The molecule has 0 saturated carbocycles. The number of aromatic nitrogens is 2. The SMILES string of the molecule is O=C(c1cnn(-c2ccc(F)cc2F)c1)N1CCN2CC(F)(F)C[C@H]2C1. The molecule has 2 aromatic rings. The van der Waals surface area contributed by atoms with Crippen molar-refractivity contribution in [1.29, 1.82) is 0 Å². The minimum atomic E-state index is -2.71. The zero-order valence-electron chi connectivity index (χ0n) is 13.7. The Hall–Kier alpha value is -2.42. The standard InChI is InChI=1S/C17H16F4N4O/c18-12-1-2-15(14(19)5-12)25-8-11(7-22-25)16(26)23-3-4-24-10-17(20,21)6-13(24)9-23/h1-2,5,7-8,13H,3-4,6,9-10H2/t13-/m0/s1. The predicted octanol–water partition coefficient (Wildman–Crippen LogP) is 2.32. The smallest absolute Gasteiger partial charge is 0.262 e. The van der Waals surface area contributed by atoms with Gasteiger partial charge in [-0.3, -0.25) is 9.69 Å². The molecular weight excluding hydrogens is 352 g/mol. The average Bonchev–Trinajstić information content (AvgIpc) is 3.16. The normalized spacial score (nSPS) is 22.5. The molecule has 0 aliphatic carbocycles.